The van der Waals surface area contributed by atoms with Crippen LogP contribution in [0.5, 0.6) is 0 Å². The highest BCUT2D eigenvalue weighted by molar-refractivity contribution is 5.21. The smallest absolute Gasteiger partial charge is 0.104 e. The molecule has 0 saturated heterocycles. The summed E-state index contributed by atoms with van der Waals surface area (Å²) in [4.78, 5) is 0. The molecule has 2 nitrogen and oxygen atoms in total. The van der Waals surface area contributed by atoms with Gasteiger partial charge in [0.2, 0.25) is 0 Å². The van der Waals surface area contributed by atoms with Gasteiger partial charge in [-0.05, 0) is 25.7 Å². The Morgan fingerprint density at radius 2 is 0.545 bits per heavy atom. The molecule has 0 radical (unpaired) electrons. The van der Waals surface area contributed by atoms with E-state index in [-0.39, 0.29) is 34.0 Å². The molecule has 0 aliphatic heterocycles. The summed E-state index contributed by atoms with van der Waals surface area (Å²) in [5, 5.41) is 0. The second-order valence-electron chi connectivity index (χ2n) is 15.2. The Morgan fingerprint density at radius 1 is 0.341 bits per heavy atom. The average molecular weight is 747 g/mol. The zero-order chi connectivity index (χ0) is 30.8. The number of hydrogen-bond acceptors (Lipinski definition) is 0. The van der Waals surface area contributed by atoms with Crippen LogP contribution in [0.15, 0.2) is 24.3 Å². The number of hydrogen-bond donors (Lipinski definition) is 0. The molecule has 0 N–H and O–H groups in total. The molecule has 0 spiro atoms. The molecule has 0 saturated carbocycles. The van der Waals surface area contributed by atoms with Crippen molar-refractivity contribution in [2.45, 2.75) is 181 Å². The van der Waals surface area contributed by atoms with Crippen molar-refractivity contribution < 1.29 is 42.9 Å². The van der Waals surface area contributed by atoms with Gasteiger partial charge in [0.1, 0.15) is 13.1 Å². The number of unbranched alkanes of at least 4 members (excludes halogenated alkanes) is 22. The quantitative estimate of drug-likeness (QED) is 0.0646. The topological polar surface area (TPSA) is 0 Å². The van der Waals surface area contributed by atoms with Gasteiger partial charge in [0, 0.05) is 11.1 Å². The summed E-state index contributed by atoms with van der Waals surface area (Å²) in [6.07, 6.45) is 34.3. The van der Waals surface area contributed by atoms with Crippen LogP contribution in [0.4, 0.5) is 0 Å². The summed E-state index contributed by atoms with van der Waals surface area (Å²) in [6.45, 7) is 9.49. The summed E-state index contributed by atoms with van der Waals surface area (Å²) in [5.74, 6) is 0. The van der Waals surface area contributed by atoms with E-state index < -0.39 is 0 Å². The van der Waals surface area contributed by atoms with Crippen molar-refractivity contribution in [3.63, 3.8) is 0 Å². The van der Waals surface area contributed by atoms with E-state index in [9.17, 15) is 0 Å². The Labute approximate surface area is 299 Å². The van der Waals surface area contributed by atoms with E-state index in [1.807, 2.05) is 0 Å². The maximum Gasteiger partial charge on any atom is 0.104 e. The van der Waals surface area contributed by atoms with Crippen molar-refractivity contribution in [2.24, 2.45) is 0 Å². The molecule has 0 unspecified atom stereocenters. The predicted molar refractivity (Wildman–Crippen MR) is 190 cm³/mol. The highest BCUT2D eigenvalue weighted by atomic mass is 79.9. The maximum absolute atomic E-state index is 2.42. The lowest BCUT2D eigenvalue weighted by atomic mass is 10.0. The Morgan fingerprint density at radius 3 is 0.773 bits per heavy atom. The number of rotatable bonds is 30. The Hall–Kier alpha value is 0.1000. The van der Waals surface area contributed by atoms with Crippen LogP contribution in [0.25, 0.3) is 0 Å². The minimum Gasteiger partial charge on any atom is -1.00 e. The van der Waals surface area contributed by atoms with Crippen LogP contribution in [0.3, 0.4) is 0 Å². The summed E-state index contributed by atoms with van der Waals surface area (Å²) < 4.78 is 2.22. The second-order valence-corrected chi connectivity index (χ2v) is 15.2. The van der Waals surface area contributed by atoms with Crippen molar-refractivity contribution in [3.05, 3.63) is 35.4 Å². The lowest BCUT2D eigenvalue weighted by molar-refractivity contribution is -0.904. The number of halogens is 2. The molecule has 1 rings (SSSR count). The van der Waals surface area contributed by atoms with Crippen LogP contribution in [0.2, 0.25) is 0 Å². The molecule has 0 fully saturated rings. The van der Waals surface area contributed by atoms with Gasteiger partial charge in [-0.2, -0.15) is 0 Å². The van der Waals surface area contributed by atoms with Crippen molar-refractivity contribution in [3.8, 4) is 0 Å². The van der Waals surface area contributed by atoms with E-state index in [2.05, 4.69) is 66.3 Å². The number of benzene rings is 1. The fraction of sp³-hybridized carbons (Fsp3) is 0.850. The average Bonchev–Trinajstić information content (AvgIpc) is 2.95. The molecule has 0 bridgehead atoms. The molecular weight excluding hydrogens is 668 g/mol. The summed E-state index contributed by atoms with van der Waals surface area (Å²) in [6, 6.07) is 9.62. The van der Waals surface area contributed by atoms with Crippen molar-refractivity contribution >= 4 is 0 Å². The molecule has 0 aromatic heterocycles. The van der Waals surface area contributed by atoms with Crippen molar-refractivity contribution in [1.29, 1.82) is 0 Å². The van der Waals surface area contributed by atoms with Crippen LogP contribution in [-0.4, -0.2) is 50.2 Å². The molecule has 1 aromatic rings. The zero-order valence-corrected chi connectivity index (χ0v) is 33.9. The van der Waals surface area contributed by atoms with Crippen LogP contribution in [0.1, 0.15) is 179 Å². The van der Waals surface area contributed by atoms with Gasteiger partial charge in [-0.3, -0.25) is 0 Å². The van der Waals surface area contributed by atoms with Crippen molar-refractivity contribution in [1.82, 2.24) is 0 Å². The fourth-order valence-electron chi connectivity index (χ4n) is 6.66. The fourth-order valence-corrected chi connectivity index (χ4v) is 6.66. The van der Waals surface area contributed by atoms with E-state index >= 15 is 0 Å². The van der Waals surface area contributed by atoms with E-state index in [1.54, 1.807) is 0 Å². The normalized spacial score (nSPS) is 11.8. The molecule has 44 heavy (non-hydrogen) atoms. The standard InChI is InChI=1S/C40H78N2.2BrH/c1-7-9-11-13-15-17-19-21-23-25-27-29-35-41(3,4)37-39-31-33-40(34-32-39)38-42(5,6)36-30-28-26-24-22-20-18-16-14-12-10-8-2;;/h31-34H,7-30,35-38H2,1-6H3;2*1H/q+2;;/p-2. The first-order valence-corrected chi connectivity index (χ1v) is 19.0. The minimum atomic E-state index is 0. The first kappa shape index (κ1) is 46.2. The maximum atomic E-state index is 2.42. The first-order chi connectivity index (χ1) is 20.3. The van der Waals surface area contributed by atoms with Gasteiger partial charge < -0.3 is 42.9 Å². The molecule has 0 aliphatic carbocycles. The van der Waals surface area contributed by atoms with Gasteiger partial charge in [-0.15, -0.1) is 0 Å². The molecule has 0 atom stereocenters. The number of quaternary nitrogens is 2. The lowest BCUT2D eigenvalue weighted by Gasteiger charge is -2.31. The molecule has 0 aliphatic rings. The van der Waals surface area contributed by atoms with Crippen LogP contribution < -0.4 is 34.0 Å². The van der Waals surface area contributed by atoms with E-state index in [0.717, 1.165) is 22.1 Å². The highest BCUT2D eigenvalue weighted by Crippen LogP contribution is 2.18. The van der Waals surface area contributed by atoms with Gasteiger partial charge in [-0.1, -0.05) is 167 Å². The summed E-state index contributed by atoms with van der Waals surface area (Å²) in [5.41, 5.74) is 2.99. The molecule has 0 amide bonds. The van der Waals surface area contributed by atoms with Crippen LogP contribution >= 0.6 is 0 Å². The minimum absolute atomic E-state index is 0. The van der Waals surface area contributed by atoms with Crippen LogP contribution in [0, 0.1) is 0 Å². The van der Waals surface area contributed by atoms with E-state index in [4.69, 9.17) is 0 Å². The highest BCUT2D eigenvalue weighted by Gasteiger charge is 2.18. The number of nitrogens with zero attached hydrogens (tertiary/aromatic N) is 2. The van der Waals surface area contributed by atoms with Crippen LogP contribution in [-0.2, 0) is 13.1 Å². The van der Waals surface area contributed by atoms with Crippen molar-refractivity contribution in [2.75, 3.05) is 41.3 Å². The van der Waals surface area contributed by atoms with Gasteiger partial charge in [0.25, 0.3) is 0 Å². The molecular formula is C40H78Br2N2. The SMILES string of the molecule is CCCCCCCCCCCCCC[N+](C)(C)Cc1ccc(C[N+](C)(C)CCCCCCCCCCCCCC)cc1.[Br-].[Br-]. The van der Waals surface area contributed by atoms with E-state index in [1.165, 1.54) is 178 Å². The Bertz CT molecular complexity index is 656. The molecule has 4 heteroatoms. The summed E-state index contributed by atoms with van der Waals surface area (Å²) >= 11 is 0. The largest absolute Gasteiger partial charge is 1.00 e. The molecule has 1 aromatic carbocycles. The second kappa shape index (κ2) is 30.4. The zero-order valence-electron chi connectivity index (χ0n) is 30.8. The van der Waals surface area contributed by atoms with Gasteiger partial charge >= 0.3 is 0 Å². The van der Waals surface area contributed by atoms with Gasteiger partial charge in [0.05, 0.1) is 41.3 Å². The Balaban J connectivity index is 0. The third-order valence-electron chi connectivity index (χ3n) is 9.48. The Kier molecular flexibility index (Phi) is 32.0. The first-order valence-electron chi connectivity index (χ1n) is 19.0. The monoisotopic (exact) mass is 744 g/mol. The van der Waals surface area contributed by atoms with Gasteiger partial charge in [-0.25, -0.2) is 0 Å². The molecule has 0 heterocycles. The third-order valence-corrected chi connectivity index (χ3v) is 9.48. The molecule has 262 valence electrons. The lowest BCUT2D eigenvalue weighted by Crippen LogP contribution is -3.00. The predicted octanol–water partition coefficient (Wildman–Crippen LogP) is 6.25. The summed E-state index contributed by atoms with van der Waals surface area (Å²) in [7, 11) is 9.67. The van der Waals surface area contributed by atoms with E-state index in [0.29, 0.717) is 0 Å². The third kappa shape index (κ3) is 28.3. The van der Waals surface area contributed by atoms with Gasteiger partial charge in [0.15, 0.2) is 0 Å².